The van der Waals surface area contributed by atoms with Crippen LogP contribution in [-0.2, 0) is 9.59 Å². The second-order valence-corrected chi connectivity index (χ2v) is 3.74. The van der Waals surface area contributed by atoms with Gasteiger partial charge in [0.2, 0.25) is 5.91 Å². The summed E-state index contributed by atoms with van der Waals surface area (Å²) in [5.74, 6) is -2.61. The van der Waals surface area contributed by atoms with Crippen LogP contribution in [-0.4, -0.2) is 30.1 Å². The van der Waals surface area contributed by atoms with Crippen molar-refractivity contribution < 1.29 is 14.7 Å². The van der Waals surface area contributed by atoms with Crippen molar-refractivity contribution in [2.24, 2.45) is 17.6 Å². The lowest BCUT2D eigenvalue weighted by Crippen LogP contribution is -2.36. The monoisotopic (exact) mass is 200 g/mol. The molecule has 14 heavy (non-hydrogen) atoms. The average Bonchev–Trinajstić information content (AvgIpc) is 2.15. The molecule has 2 atom stereocenters. The molecule has 4 N–H and O–H groups in total. The van der Waals surface area contributed by atoms with Gasteiger partial charge in [0.15, 0.2) is 0 Å². The summed E-state index contributed by atoms with van der Waals surface area (Å²) in [6.07, 6.45) is 2.37. The molecule has 80 valence electrons. The highest BCUT2D eigenvalue weighted by atomic mass is 16.4. The molecule has 0 bridgehead atoms. The molecule has 1 rings (SSSR count). The molecule has 0 aliphatic carbocycles. The maximum atomic E-state index is 10.8. The second-order valence-electron chi connectivity index (χ2n) is 3.74. The lowest BCUT2D eigenvalue weighted by atomic mass is 9.89. The first-order valence-corrected chi connectivity index (χ1v) is 4.84. The van der Waals surface area contributed by atoms with Crippen LogP contribution in [0.25, 0.3) is 0 Å². The van der Waals surface area contributed by atoms with E-state index >= 15 is 0 Å². The third-order valence-corrected chi connectivity index (χ3v) is 2.61. The van der Waals surface area contributed by atoms with Crippen LogP contribution in [0.3, 0.4) is 0 Å². The lowest BCUT2D eigenvalue weighted by Gasteiger charge is -2.24. The number of hydrogen-bond donors (Lipinski definition) is 3. The van der Waals surface area contributed by atoms with Gasteiger partial charge in [-0.25, -0.2) is 0 Å². The molecule has 0 saturated carbocycles. The van der Waals surface area contributed by atoms with Gasteiger partial charge in [-0.05, 0) is 38.3 Å². The van der Waals surface area contributed by atoms with E-state index in [0.29, 0.717) is 6.42 Å². The largest absolute Gasteiger partial charge is 0.481 e. The van der Waals surface area contributed by atoms with Crippen LogP contribution >= 0.6 is 0 Å². The third-order valence-electron chi connectivity index (χ3n) is 2.61. The van der Waals surface area contributed by atoms with Crippen molar-refractivity contribution in [2.75, 3.05) is 13.1 Å². The zero-order valence-electron chi connectivity index (χ0n) is 8.03. The Bertz CT molecular complexity index is 210. The maximum absolute atomic E-state index is 10.8. The van der Waals surface area contributed by atoms with E-state index in [9.17, 15) is 9.59 Å². The van der Waals surface area contributed by atoms with Crippen molar-refractivity contribution in [1.29, 1.82) is 0 Å². The molecule has 1 fully saturated rings. The molecular formula is C9H16N2O3. The van der Waals surface area contributed by atoms with E-state index in [2.05, 4.69) is 5.32 Å². The zero-order chi connectivity index (χ0) is 10.6. The van der Waals surface area contributed by atoms with Gasteiger partial charge in [-0.1, -0.05) is 0 Å². The van der Waals surface area contributed by atoms with Crippen molar-refractivity contribution in [2.45, 2.75) is 19.3 Å². The smallest absolute Gasteiger partial charge is 0.316 e. The Balaban J connectivity index is 2.45. The Hall–Kier alpha value is -1.10. The van der Waals surface area contributed by atoms with Gasteiger partial charge in [0.25, 0.3) is 0 Å². The predicted octanol–water partition coefficient (Wildman–Crippen LogP) is -0.438. The summed E-state index contributed by atoms with van der Waals surface area (Å²) in [6.45, 7) is 1.77. The van der Waals surface area contributed by atoms with Crippen LogP contribution < -0.4 is 11.1 Å². The van der Waals surface area contributed by atoms with Crippen molar-refractivity contribution in [3.05, 3.63) is 0 Å². The molecule has 1 aliphatic heterocycles. The molecule has 1 aliphatic rings. The molecule has 0 aromatic rings. The van der Waals surface area contributed by atoms with E-state index in [1.807, 2.05) is 0 Å². The number of carboxylic acid groups (broad SMARTS) is 1. The van der Waals surface area contributed by atoms with E-state index in [-0.39, 0.29) is 5.92 Å². The normalized spacial score (nSPS) is 24.1. The Morgan fingerprint density at radius 3 is 2.71 bits per heavy atom. The molecule has 0 aromatic heterocycles. The van der Waals surface area contributed by atoms with Crippen LogP contribution in [0.4, 0.5) is 0 Å². The fourth-order valence-corrected chi connectivity index (χ4v) is 1.80. The summed E-state index contributed by atoms with van der Waals surface area (Å²) in [7, 11) is 0. The molecule has 1 saturated heterocycles. The van der Waals surface area contributed by atoms with Crippen molar-refractivity contribution in [3.8, 4) is 0 Å². The highest BCUT2D eigenvalue weighted by Crippen LogP contribution is 2.19. The Kier molecular flexibility index (Phi) is 3.88. The minimum atomic E-state index is -1.11. The quantitative estimate of drug-likeness (QED) is 0.536. The zero-order valence-corrected chi connectivity index (χ0v) is 8.03. The minimum Gasteiger partial charge on any atom is -0.481 e. The van der Waals surface area contributed by atoms with Crippen molar-refractivity contribution in [1.82, 2.24) is 5.32 Å². The average molecular weight is 200 g/mol. The topological polar surface area (TPSA) is 92.4 Å². The summed E-state index contributed by atoms with van der Waals surface area (Å²) in [5, 5.41) is 11.9. The fraction of sp³-hybridized carbons (Fsp3) is 0.778. The van der Waals surface area contributed by atoms with Gasteiger partial charge in [0.05, 0.1) is 0 Å². The number of hydrogen-bond acceptors (Lipinski definition) is 3. The molecular weight excluding hydrogens is 184 g/mol. The van der Waals surface area contributed by atoms with Crippen LogP contribution in [0, 0.1) is 11.8 Å². The van der Waals surface area contributed by atoms with Gasteiger partial charge in [-0.15, -0.1) is 0 Å². The number of carbonyl (C=O) groups is 2. The number of piperidine rings is 1. The van der Waals surface area contributed by atoms with E-state index in [4.69, 9.17) is 10.8 Å². The minimum absolute atomic E-state index is 0.261. The van der Waals surface area contributed by atoms with Gasteiger partial charge in [-0.2, -0.15) is 0 Å². The number of amides is 1. The van der Waals surface area contributed by atoms with Crippen LogP contribution in [0.2, 0.25) is 0 Å². The number of nitrogens with one attached hydrogen (secondary N) is 1. The summed E-state index contributed by atoms with van der Waals surface area (Å²) >= 11 is 0. The van der Waals surface area contributed by atoms with E-state index in [1.54, 1.807) is 0 Å². The summed E-state index contributed by atoms with van der Waals surface area (Å²) < 4.78 is 0. The molecule has 5 heteroatoms. The van der Waals surface area contributed by atoms with Gasteiger partial charge >= 0.3 is 5.97 Å². The Morgan fingerprint density at radius 2 is 2.29 bits per heavy atom. The summed E-state index contributed by atoms with van der Waals surface area (Å²) in [4.78, 5) is 21.5. The molecule has 0 spiro atoms. The molecule has 2 unspecified atom stereocenters. The second kappa shape index (κ2) is 4.95. The third kappa shape index (κ3) is 2.99. The highest BCUT2D eigenvalue weighted by Gasteiger charge is 2.28. The van der Waals surface area contributed by atoms with Crippen LogP contribution in [0.1, 0.15) is 19.3 Å². The van der Waals surface area contributed by atoms with Gasteiger partial charge in [0, 0.05) is 0 Å². The van der Waals surface area contributed by atoms with E-state index < -0.39 is 17.8 Å². The van der Waals surface area contributed by atoms with Crippen LogP contribution in [0.5, 0.6) is 0 Å². The maximum Gasteiger partial charge on any atom is 0.316 e. The Labute approximate surface area is 82.7 Å². The van der Waals surface area contributed by atoms with Gasteiger partial charge < -0.3 is 16.2 Å². The molecule has 1 amide bonds. The molecule has 5 nitrogen and oxygen atoms in total. The molecule has 0 radical (unpaired) electrons. The first kappa shape index (κ1) is 11.0. The fourth-order valence-electron chi connectivity index (χ4n) is 1.80. The van der Waals surface area contributed by atoms with Crippen molar-refractivity contribution >= 4 is 11.9 Å². The van der Waals surface area contributed by atoms with Crippen LogP contribution in [0.15, 0.2) is 0 Å². The van der Waals surface area contributed by atoms with Gasteiger partial charge in [0.1, 0.15) is 5.92 Å². The first-order valence-electron chi connectivity index (χ1n) is 4.84. The lowest BCUT2D eigenvalue weighted by molar-refractivity contribution is -0.146. The summed E-state index contributed by atoms with van der Waals surface area (Å²) in [6, 6.07) is 0. The highest BCUT2D eigenvalue weighted by molar-refractivity contribution is 5.95. The van der Waals surface area contributed by atoms with Gasteiger partial charge in [-0.3, -0.25) is 9.59 Å². The predicted molar refractivity (Wildman–Crippen MR) is 50.5 cm³/mol. The van der Waals surface area contributed by atoms with E-state index in [0.717, 1.165) is 25.9 Å². The first-order chi connectivity index (χ1) is 6.61. The number of rotatable bonds is 4. The number of nitrogens with two attached hydrogens (primary N) is 1. The number of carbonyl (C=O) groups excluding carboxylic acids is 1. The SMILES string of the molecule is NC(=O)C(CC1CCCNC1)C(=O)O. The van der Waals surface area contributed by atoms with Crippen molar-refractivity contribution in [3.63, 3.8) is 0 Å². The summed E-state index contributed by atoms with van der Waals surface area (Å²) in [5.41, 5.74) is 5.01. The molecule has 1 heterocycles. The standard InChI is InChI=1S/C9H16N2O3/c10-8(12)7(9(13)14)4-6-2-1-3-11-5-6/h6-7,11H,1-5H2,(H2,10,12)(H,13,14). The van der Waals surface area contributed by atoms with E-state index in [1.165, 1.54) is 0 Å². The number of primary amides is 1. The Morgan fingerprint density at radius 1 is 1.57 bits per heavy atom. The molecule has 0 aromatic carbocycles. The number of aliphatic carboxylic acids is 1. The number of carboxylic acids is 1.